The van der Waals surface area contributed by atoms with Gasteiger partial charge in [-0.25, -0.2) is 4.98 Å². The Hall–Kier alpha value is -3.39. The lowest BCUT2D eigenvalue weighted by Crippen LogP contribution is -2.14. The van der Waals surface area contributed by atoms with E-state index in [0.29, 0.717) is 22.2 Å². The third kappa shape index (κ3) is 2.34. The predicted octanol–water partition coefficient (Wildman–Crippen LogP) is 2.94. The summed E-state index contributed by atoms with van der Waals surface area (Å²) >= 11 is 0. The Kier molecular flexibility index (Phi) is 3.42. The van der Waals surface area contributed by atoms with E-state index in [1.54, 1.807) is 36.4 Å². The number of pyridine rings is 1. The molecule has 0 aliphatic rings. The van der Waals surface area contributed by atoms with Gasteiger partial charge < -0.3 is 11.1 Å². The molecule has 0 aliphatic carbocycles. The van der Waals surface area contributed by atoms with E-state index in [4.69, 9.17) is 5.73 Å². The fourth-order valence-electron chi connectivity index (χ4n) is 2.25. The zero-order valence-corrected chi connectivity index (χ0v) is 11.6. The Balaban J connectivity index is 2.14. The van der Waals surface area contributed by atoms with E-state index in [1.807, 2.05) is 24.3 Å². The molecule has 0 saturated carbocycles. The van der Waals surface area contributed by atoms with Crippen LogP contribution in [0.15, 0.2) is 54.6 Å². The van der Waals surface area contributed by atoms with Crippen LogP contribution >= 0.6 is 0 Å². The second kappa shape index (κ2) is 5.54. The molecule has 0 bridgehead atoms. The lowest BCUT2D eigenvalue weighted by Gasteiger charge is -2.12. The quantitative estimate of drug-likeness (QED) is 0.758. The molecule has 3 aromatic rings. The first-order valence-corrected chi connectivity index (χ1v) is 6.65. The molecule has 3 rings (SSSR count). The van der Waals surface area contributed by atoms with Crippen molar-refractivity contribution < 1.29 is 4.79 Å². The number of nitrogen functional groups attached to an aromatic ring is 1. The SMILES string of the molecule is N#Cc1c(N)nc2ccccc2c1NC(=O)c1ccccc1. The molecule has 0 saturated heterocycles. The van der Waals surface area contributed by atoms with E-state index in [1.165, 1.54) is 0 Å². The highest BCUT2D eigenvalue weighted by Gasteiger charge is 2.16. The van der Waals surface area contributed by atoms with Crippen LogP contribution < -0.4 is 11.1 Å². The molecule has 0 aliphatic heterocycles. The number of hydrogen-bond donors (Lipinski definition) is 2. The molecule has 0 spiro atoms. The maximum absolute atomic E-state index is 12.4. The van der Waals surface area contributed by atoms with Crippen molar-refractivity contribution in [2.75, 3.05) is 11.1 Å². The van der Waals surface area contributed by atoms with Gasteiger partial charge in [0, 0.05) is 10.9 Å². The van der Waals surface area contributed by atoms with Crippen LogP contribution in [0.25, 0.3) is 10.9 Å². The first kappa shape index (κ1) is 13.6. The molecule has 22 heavy (non-hydrogen) atoms. The molecular formula is C17H12N4O. The highest BCUT2D eigenvalue weighted by molar-refractivity contribution is 6.10. The smallest absolute Gasteiger partial charge is 0.255 e. The number of nitrogens with one attached hydrogen (secondary N) is 1. The number of anilines is 2. The second-order valence-corrected chi connectivity index (χ2v) is 4.70. The Bertz CT molecular complexity index is 898. The van der Waals surface area contributed by atoms with Crippen molar-refractivity contribution in [3.63, 3.8) is 0 Å². The topological polar surface area (TPSA) is 91.8 Å². The number of benzene rings is 2. The van der Waals surface area contributed by atoms with Crippen LogP contribution in [-0.4, -0.2) is 10.9 Å². The maximum Gasteiger partial charge on any atom is 0.255 e. The Morgan fingerprint density at radius 1 is 1.09 bits per heavy atom. The summed E-state index contributed by atoms with van der Waals surface area (Å²) in [6.45, 7) is 0. The van der Waals surface area contributed by atoms with Crippen LogP contribution in [0.2, 0.25) is 0 Å². The number of fused-ring (bicyclic) bond motifs is 1. The van der Waals surface area contributed by atoms with Crippen molar-refractivity contribution in [2.45, 2.75) is 0 Å². The molecule has 1 heterocycles. The van der Waals surface area contributed by atoms with Crippen molar-refractivity contribution in [3.8, 4) is 6.07 Å². The Labute approximate surface area is 127 Å². The molecule has 106 valence electrons. The standard InChI is InChI=1S/C17H12N4O/c18-10-13-15(21-17(22)11-6-2-1-3-7-11)12-8-4-5-9-14(12)20-16(13)19/h1-9H,(H3,19,20,21,22). The third-order valence-electron chi connectivity index (χ3n) is 3.31. The van der Waals surface area contributed by atoms with Gasteiger partial charge in [0.1, 0.15) is 17.5 Å². The molecule has 0 fully saturated rings. The van der Waals surface area contributed by atoms with Gasteiger partial charge in [0.15, 0.2) is 0 Å². The van der Waals surface area contributed by atoms with Gasteiger partial charge in [-0.3, -0.25) is 4.79 Å². The molecule has 2 aromatic carbocycles. The minimum absolute atomic E-state index is 0.101. The number of aromatic nitrogens is 1. The summed E-state index contributed by atoms with van der Waals surface area (Å²) in [5.41, 5.74) is 7.52. The number of amides is 1. The summed E-state index contributed by atoms with van der Waals surface area (Å²) in [7, 11) is 0. The van der Waals surface area contributed by atoms with Gasteiger partial charge in [0.25, 0.3) is 5.91 Å². The Morgan fingerprint density at radius 2 is 1.77 bits per heavy atom. The average Bonchev–Trinajstić information content (AvgIpc) is 2.55. The van der Waals surface area contributed by atoms with E-state index < -0.39 is 0 Å². The lowest BCUT2D eigenvalue weighted by molar-refractivity contribution is 0.102. The van der Waals surface area contributed by atoms with Crippen molar-refractivity contribution >= 4 is 28.3 Å². The van der Waals surface area contributed by atoms with Crippen molar-refractivity contribution in [2.24, 2.45) is 0 Å². The van der Waals surface area contributed by atoms with Crippen molar-refractivity contribution in [3.05, 3.63) is 65.7 Å². The summed E-state index contributed by atoms with van der Waals surface area (Å²) in [6, 6.07) is 18.0. The minimum Gasteiger partial charge on any atom is -0.383 e. The minimum atomic E-state index is -0.298. The molecule has 1 amide bonds. The fraction of sp³-hybridized carbons (Fsp3) is 0. The summed E-state index contributed by atoms with van der Waals surface area (Å²) in [5, 5.41) is 12.8. The van der Waals surface area contributed by atoms with E-state index >= 15 is 0 Å². The monoisotopic (exact) mass is 288 g/mol. The van der Waals surface area contributed by atoms with Gasteiger partial charge >= 0.3 is 0 Å². The number of hydrogen-bond acceptors (Lipinski definition) is 4. The van der Waals surface area contributed by atoms with Crippen LogP contribution in [-0.2, 0) is 0 Å². The number of nitriles is 1. The molecule has 0 atom stereocenters. The number of rotatable bonds is 2. The lowest BCUT2D eigenvalue weighted by atomic mass is 10.1. The molecule has 5 nitrogen and oxygen atoms in total. The summed E-state index contributed by atoms with van der Waals surface area (Å²) < 4.78 is 0. The summed E-state index contributed by atoms with van der Waals surface area (Å²) in [5.74, 6) is -0.197. The van der Waals surface area contributed by atoms with Crippen LogP contribution in [0.5, 0.6) is 0 Å². The van der Waals surface area contributed by atoms with Crippen LogP contribution in [0.1, 0.15) is 15.9 Å². The van der Waals surface area contributed by atoms with E-state index in [-0.39, 0.29) is 17.3 Å². The predicted molar refractivity (Wildman–Crippen MR) is 85.3 cm³/mol. The fourth-order valence-corrected chi connectivity index (χ4v) is 2.25. The number of nitrogens with two attached hydrogens (primary N) is 1. The zero-order valence-electron chi connectivity index (χ0n) is 11.6. The van der Waals surface area contributed by atoms with Gasteiger partial charge in [-0.15, -0.1) is 0 Å². The highest BCUT2D eigenvalue weighted by atomic mass is 16.1. The molecule has 0 radical (unpaired) electrons. The van der Waals surface area contributed by atoms with Crippen LogP contribution in [0.3, 0.4) is 0 Å². The van der Waals surface area contributed by atoms with Gasteiger partial charge in [-0.2, -0.15) is 5.26 Å². The molecule has 5 heteroatoms. The first-order valence-electron chi connectivity index (χ1n) is 6.65. The number of nitrogens with zero attached hydrogens (tertiary/aromatic N) is 2. The van der Waals surface area contributed by atoms with Gasteiger partial charge in [-0.1, -0.05) is 36.4 Å². The molecule has 1 aromatic heterocycles. The zero-order chi connectivity index (χ0) is 15.5. The van der Waals surface area contributed by atoms with Gasteiger partial charge in [0.2, 0.25) is 0 Å². The number of carbonyl (C=O) groups is 1. The van der Waals surface area contributed by atoms with Crippen LogP contribution in [0, 0.1) is 11.3 Å². The van der Waals surface area contributed by atoms with Gasteiger partial charge in [0.05, 0.1) is 11.2 Å². The maximum atomic E-state index is 12.4. The molecule has 3 N–H and O–H groups in total. The molecular weight excluding hydrogens is 276 g/mol. The average molecular weight is 288 g/mol. The highest BCUT2D eigenvalue weighted by Crippen LogP contribution is 2.29. The number of carbonyl (C=O) groups excluding carboxylic acids is 1. The summed E-state index contributed by atoms with van der Waals surface area (Å²) in [6.07, 6.45) is 0. The van der Waals surface area contributed by atoms with E-state index in [0.717, 1.165) is 0 Å². The Morgan fingerprint density at radius 3 is 2.50 bits per heavy atom. The van der Waals surface area contributed by atoms with E-state index in [2.05, 4.69) is 10.3 Å². The van der Waals surface area contributed by atoms with Crippen molar-refractivity contribution in [1.82, 2.24) is 4.98 Å². The summed E-state index contributed by atoms with van der Waals surface area (Å²) in [4.78, 5) is 16.5. The second-order valence-electron chi connectivity index (χ2n) is 4.70. The van der Waals surface area contributed by atoms with Gasteiger partial charge in [-0.05, 0) is 18.2 Å². The normalized spacial score (nSPS) is 10.1. The van der Waals surface area contributed by atoms with Crippen LogP contribution in [0.4, 0.5) is 11.5 Å². The molecule has 0 unspecified atom stereocenters. The third-order valence-corrected chi connectivity index (χ3v) is 3.31. The first-order chi connectivity index (χ1) is 10.7. The number of para-hydroxylation sites is 1. The van der Waals surface area contributed by atoms with Crippen molar-refractivity contribution in [1.29, 1.82) is 5.26 Å². The largest absolute Gasteiger partial charge is 0.383 e. The van der Waals surface area contributed by atoms with E-state index in [9.17, 15) is 10.1 Å².